The first-order valence-electron chi connectivity index (χ1n) is 14.6. The summed E-state index contributed by atoms with van der Waals surface area (Å²) in [5.74, 6) is -0.738. The minimum Gasteiger partial charge on any atom is -0.495 e. The van der Waals surface area contributed by atoms with Crippen LogP contribution in [0.3, 0.4) is 0 Å². The number of rotatable bonds is 12. The number of anilines is 1. The molecule has 0 aliphatic rings. The smallest absolute Gasteiger partial charge is 0.264 e. The van der Waals surface area contributed by atoms with Crippen molar-refractivity contribution < 1.29 is 22.7 Å². The Morgan fingerprint density at radius 2 is 1.43 bits per heavy atom. The monoisotopic (exact) mass is 681 g/mol. The second-order valence-corrected chi connectivity index (χ2v) is 14.4. The van der Waals surface area contributed by atoms with E-state index in [-0.39, 0.29) is 40.2 Å². The molecule has 11 heteroatoms. The predicted octanol–water partition coefficient (Wildman–Crippen LogP) is 6.75. The molecule has 0 aliphatic heterocycles. The summed E-state index contributed by atoms with van der Waals surface area (Å²) in [6.45, 7) is 4.89. The number of benzene rings is 4. The van der Waals surface area contributed by atoms with Crippen LogP contribution in [0.2, 0.25) is 10.0 Å². The maximum absolute atomic E-state index is 14.6. The summed E-state index contributed by atoms with van der Waals surface area (Å²) in [5.41, 5.74) is 1.00. The molecule has 0 spiro atoms. The van der Waals surface area contributed by atoms with Gasteiger partial charge in [-0.2, -0.15) is 0 Å². The zero-order chi connectivity index (χ0) is 33.5. The lowest BCUT2D eigenvalue weighted by molar-refractivity contribution is -0.140. The van der Waals surface area contributed by atoms with Gasteiger partial charge < -0.3 is 15.0 Å². The summed E-state index contributed by atoms with van der Waals surface area (Å²) >= 11 is 12.5. The zero-order valence-electron chi connectivity index (χ0n) is 26.1. The van der Waals surface area contributed by atoms with Gasteiger partial charge in [0, 0.05) is 18.5 Å². The number of para-hydroxylation sites is 2. The van der Waals surface area contributed by atoms with Crippen molar-refractivity contribution in [3.8, 4) is 5.75 Å². The number of nitrogens with zero attached hydrogens (tertiary/aromatic N) is 2. The molecule has 4 aromatic rings. The molecule has 8 nitrogen and oxygen atoms in total. The van der Waals surface area contributed by atoms with E-state index in [9.17, 15) is 18.0 Å². The van der Waals surface area contributed by atoms with Crippen molar-refractivity contribution in [2.45, 2.75) is 50.2 Å². The largest absolute Gasteiger partial charge is 0.495 e. The molecule has 46 heavy (non-hydrogen) atoms. The van der Waals surface area contributed by atoms with Crippen LogP contribution in [0.5, 0.6) is 5.75 Å². The molecule has 0 heterocycles. The second-order valence-electron chi connectivity index (χ2n) is 11.7. The van der Waals surface area contributed by atoms with Crippen LogP contribution in [0.1, 0.15) is 31.9 Å². The minimum atomic E-state index is -4.27. The maximum atomic E-state index is 14.6. The number of amides is 2. The van der Waals surface area contributed by atoms with Gasteiger partial charge in [-0.3, -0.25) is 13.9 Å². The van der Waals surface area contributed by atoms with Gasteiger partial charge in [0.2, 0.25) is 11.8 Å². The summed E-state index contributed by atoms with van der Waals surface area (Å²) in [7, 11) is -2.84. The van der Waals surface area contributed by atoms with E-state index >= 15 is 0 Å². The Labute approximate surface area is 280 Å². The molecule has 4 rings (SSSR count). The van der Waals surface area contributed by atoms with Gasteiger partial charge in [0.05, 0.1) is 27.7 Å². The quantitative estimate of drug-likeness (QED) is 0.178. The highest BCUT2D eigenvalue weighted by molar-refractivity contribution is 7.92. The Bertz CT molecular complexity index is 1760. The summed E-state index contributed by atoms with van der Waals surface area (Å²) in [4.78, 5) is 30.0. The van der Waals surface area contributed by atoms with Crippen molar-refractivity contribution in [3.05, 3.63) is 124 Å². The van der Waals surface area contributed by atoms with E-state index < -0.39 is 34.1 Å². The molecule has 0 bridgehead atoms. The van der Waals surface area contributed by atoms with Crippen LogP contribution >= 0.6 is 23.2 Å². The zero-order valence-corrected chi connectivity index (χ0v) is 28.4. The number of carbonyl (C=O) groups is 2. The number of nitrogens with one attached hydrogen (secondary N) is 1. The molecule has 0 aromatic heterocycles. The molecule has 1 atom stereocenters. The van der Waals surface area contributed by atoms with Crippen LogP contribution in [0.15, 0.2) is 108 Å². The molecule has 0 saturated heterocycles. The van der Waals surface area contributed by atoms with Crippen molar-refractivity contribution in [1.29, 1.82) is 0 Å². The van der Waals surface area contributed by atoms with Crippen molar-refractivity contribution in [2.24, 2.45) is 0 Å². The first kappa shape index (κ1) is 34.8. The first-order valence-corrected chi connectivity index (χ1v) is 16.8. The van der Waals surface area contributed by atoms with E-state index in [2.05, 4.69) is 5.32 Å². The average molecular weight is 683 g/mol. The van der Waals surface area contributed by atoms with Crippen LogP contribution in [-0.4, -0.2) is 50.4 Å². The standard InChI is InChI=1S/C35H37Cl2N3O5S/c1-35(2,3)38-34(42)31(22-25-13-7-5-8-14-25)39(23-26-19-20-28(36)29(37)21-26)33(41)24-40(30-17-11-12-18-32(30)45-4)46(43,44)27-15-9-6-10-16-27/h5-21,31H,22-24H2,1-4H3,(H,38,42). The van der Waals surface area contributed by atoms with Gasteiger partial charge in [0.15, 0.2) is 0 Å². The number of sulfonamides is 1. The molecular formula is C35H37Cl2N3O5S. The summed E-state index contributed by atoms with van der Waals surface area (Å²) < 4.78 is 34.9. The Hall–Kier alpha value is -4.05. The van der Waals surface area contributed by atoms with Gasteiger partial charge in [-0.15, -0.1) is 0 Å². The molecule has 0 saturated carbocycles. The van der Waals surface area contributed by atoms with Crippen molar-refractivity contribution >= 4 is 50.7 Å². The molecule has 242 valence electrons. The van der Waals surface area contributed by atoms with Crippen LogP contribution in [0.4, 0.5) is 5.69 Å². The maximum Gasteiger partial charge on any atom is 0.264 e. The number of hydrogen-bond acceptors (Lipinski definition) is 5. The van der Waals surface area contributed by atoms with E-state index in [0.29, 0.717) is 10.6 Å². The van der Waals surface area contributed by atoms with Crippen molar-refractivity contribution in [1.82, 2.24) is 10.2 Å². The number of halogens is 2. The third kappa shape index (κ3) is 8.81. The van der Waals surface area contributed by atoms with Crippen LogP contribution in [0, 0.1) is 0 Å². The molecule has 4 aromatic carbocycles. The number of ether oxygens (including phenoxy) is 1. The van der Waals surface area contributed by atoms with Gasteiger partial charge in [0.25, 0.3) is 10.0 Å². The number of hydrogen-bond donors (Lipinski definition) is 1. The van der Waals surface area contributed by atoms with Crippen LogP contribution in [0.25, 0.3) is 0 Å². The van der Waals surface area contributed by atoms with E-state index in [1.165, 1.54) is 24.1 Å². The Morgan fingerprint density at radius 3 is 2.04 bits per heavy atom. The highest BCUT2D eigenvalue weighted by Gasteiger charge is 2.36. The molecule has 2 amide bonds. The third-order valence-electron chi connectivity index (χ3n) is 7.07. The first-order chi connectivity index (χ1) is 21.8. The van der Waals surface area contributed by atoms with Crippen LogP contribution in [-0.2, 0) is 32.6 Å². The fourth-order valence-corrected chi connectivity index (χ4v) is 6.68. The van der Waals surface area contributed by atoms with Gasteiger partial charge in [-0.05, 0) is 68.3 Å². The van der Waals surface area contributed by atoms with Crippen molar-refractivity contribution in [3.63, 3.8) is 0 Å². The number of methoxy groups -OCH3 is 1. The highest BCUT2D eigenvalue weighted by atomic mass is 35.5. The lowest BCUT2D eigenvalue weighted by Gasteiger charge is -2.35. The lowest BCUT2D eigenvalue weighted by Crippen LogP contribution is -2.56. The topological polar surface area (TPSA) is 96.0 Å². The third-order valence-corrected chi connectivity index (χ3v) is 9.58. The number of carbonyl (C=O) groups excluding carboxylic acids is 2. The molecular weight excluding hydrogens is 645 g/mol. The Morgan fingerprint density at radius 1 is 0.826 bits per heavy atom. The molecule has 1 unspecified atom stereocenters. The van der Waals surface area contributed by atoms with E-state index in [0.717, 1.165) is 9.87 Å². The van der Waals surface area contributed by atoms with E-state index in [1.807, 2.05) is 51.1 Å². The predicted molar refractivity (Wildman–Crippen MR) is 183 cm³/mol. The fraction of sp³-hybridized carbons (Fsp3) is 0.257. The molecule has 0 radical (unpaired) electrons. The van der Waals surface area contributed by atoms with E-state index in [4.69, 9.17) is 27.9 Å². The van der Waals surface area contributed by atoms with Crippen molar-refractivity contribution in [2.75, 3.05) is 18.0 Å². The van der Waals surface area contributed by atoms with Crippen LogP contribution < -0.4 is 14.4 Å². The summed E-state index contributed by atoms with van der Waals surface area (Å²) in [6, 6.07) is 27.7. The second kappa shape index (κ2) is 15.0. The lowest BCUT2D eigenvalue weighted by atomic mass is 10.0. The minimum absolute atomic E-state index is 0.00366. The van der Waals surface area contributed by atoms with Gasteiger partial charge in [-0.1, -0.05) is 89.9 Å². The van der Waals surface area contributed by atoms with E-state index in [1.54, 1.807) is 60.7 Å². The highest BCUT2D eigenvalue weighted by Crippen LogP contribution is 2.33. The Kier molecular flexibility index (Phi) is 11.4. The average Bonchev–Trinajstić information content (AvgIpc) is 3.03. The molecule has 0 aliphatic carbocycles. The fourth-order valence-electron chi connectivity index (χ4n) is 4.91. The molecule has 0 fully saturated rings. The molecule has 1 N–H and O–H groups in total. The summed E-state index contributed by atoms with van der Waals surface area (Å²) in [5, 5.41) is 3.63. The van der Waals surface area contributed by atoms with Gasteiger partial charge in [-0.25, -0.2) is 8.42 Å². The SMILES string of the molecule is COc1ccccc1N(CC(=O)N(Cc1ccc(Cl)c(Cl)c1)C(Cc1ccccc1)C(=O)NC(C)(C)C)S(=O)(=O)c1ccccc1. The summed E-state index contributed by atoms with van der Waals surface area (Å²) in [6.07, 6.45) is 0.176. The normalized spacial score (nSPS) is 12.2. The van der Waals surface area contributed by atoms with Gasteiger partial charge >= 0.3 is 0 Å². The Balaban J connectivity index is 1.85. The van der Waals surface area contributed by atoms with Gasteiger partial charge in [0.1, 0.15) is 18.3 Å².